The Kier molecular flexibility index (Phi) is 7.50. The van der Waals surface area contributed by atoms with Gasteiger partial charge >= 0.3 is 12.2 Å². The number of halogens is 3. The summed E-state index contributed by atoms with van der Waals surface area (Å²) in [4.78, 5) is 12.3. The average molecular weight is 532 g/mol. The van der Waals surface area contributed by atoms with Crippen molar-refractivity contribution in [3.63, 3.8) is 0 Å². The number of alkyl halides is 3. The number of urea groups is 1. The Bertz CT molecular complexity index is 1450. The van der Waals surface area contributed by atoms with Gasteiger partial charge in [0.05, 0.1) is 27.9 Å². The van der Waals surface area contributed by atoms with Crippen LogP contribution in [0.4, 0.5) is 23.7 Å². The molecule has 3 aromatic rings. The number of benzene rings is 2. The Morgan fingerprint density at radius 1 is 1.11 bits per heavy atom. The van der Waals surface area contributed by atoms with Gasteiger partial charge in [0.1, 0.15) is 0 Å². The second-order valence-electron chi connectivity index (χ2n) is 8.35. The van der Waals surface area contributed by atoms with Gasteiger partial charge in [0.25, 0.3) is 0 Å². The summed E-state index contributed by atoms with van der Waals surface area (Å²) in [6, 6.07) is 14.9. The minimum Gasteiger partial charge on any atom is -0.337 e. The SMILES string of the molecule is NS(=O)(=O)C1=CCC(n2nc(CCNC(=O)Nc3cccc(C(F)(F)F)c3)cc2-c2ccccc2)C=C1. The zero-order valence-electron chi connectivity index (χ0n) is 19.4. The van der Waals surface area contributed by atoms with E-state index in [1.807, 2.05) is 36.4 Å². The van der Waals surface area contributed by atoms with Crippen molar-refractivity contribution in [3.8, 4) is 11.3 Å². The molecule has 8 nitrogen and oxygen atoms in total. The maximum atomic E-state index is 12.9. The maximum absolute atomic E-state index is 12.9. The monoisotopic (exact) mass is 531 g/mol. The number of nitrogens with two attached hydrogens (primary N) is 1. The molecule has 0 saturated carbocycles. The van der Waals surface area contributed by atoms with Crippen LogP contribution in [0.5, 0.6) is 0 Å². The predicted octanol–water partition coefficient (Wildman–Crippen LogP) is 4.61. The molecule has 1 unspecified atom stereocenters. The maximum Gasteiger partial charge on any atom is 0.416 e. The van der Waals surface area contributed by atoms with Crippen LogP contribution in [0.15, 0.2) is 83.8 Å². The van der Waals surface area contributed by atoms with Crippen LogP contribution in [0.25, 0.3) is 11.3 Å². The van der Waals surface area contributed by atoms with E-state index >= 15 is 0 Å². The molecule has 37 heavy (non-hydrogen) atoms. The van der Waals surface area contributed by atoms with Gasteiger partial charge in [-0.2, -0.15) is 18.3 Å². The summed E-state index contributed by atoms with van der Waals surface area (Å²) in [5.74, 6) is 0. The second-order valence-corrected chi connectivity index (χ2v) is 9.92. The lowest BCUT2D eigenvalue weighted by Gasteiger charge is -2.19. The number of sulfonamides is 1. The zero-order chi connectivity index (χ0) is 26.6. The van der Waals surface area contributed by atoms with Gasteiger partial charge in [0, 0.05) is 18.7 Å². The molecule has 1 aliphatic rings. The molecule has 0 bridgehead atoms. The highest BCUT2D eigenvalue weighted by molar-refractivity contribution is 7.93. The van der Waals surface area contributed by atoms with Gasteiger partial charge in [-0.05, 0) is 42.3 Å². The molecule has 0 radical (unpaired) electrons. The molecule has 0 spiro atoms. The molecule has 4 rings (SSSR count). The molecular formula is C25H24F3N5O3S. The van der Waals surface area contributed by atoms with Crippen LogP contribution >= 0.6 is 0 Å². The van der Waals surface area contributed by atoms with Crippen LogP contribution in [0.3, 0.4) is 0 Å². The summed E-state index contributed by atoms with van der Waals surface area (Å²) < 4.78 is 63.7. The number of amides is 2. The number of nitrogens with zero attached hydrogens (tertiary/aromatic N) is 2. The van der Waals surface area contributed by atoms with E-state index in [1.54, 1.807) is 16.8 Å². The van der Waals surface area contributed by atoms with E-state index in [4.69, 9.17) is 5.14 Å². The molecule has 2 aromatic carbocycles. The summed E-state index contributed by atoms with van der Waals surface area (Å²) in [7, 11) is -3.80. The topological polar surface area (TPSA) is 119 Å². The van der Waals surface area contributed by atoms with Crippen molar-refractivity contribution in [1.29, 1.82) is 0 Å². The third-order valence-electron chi connectivity index (χ3n) is 5.66. The Morgan fingerprint density at radius 2 is 1.86 bits per heavy atom. The fraction of sp³-hybridized carbons (Fsp3) is 0.200. The molecule has 1 aromatic heterocycles. The molecule has 2 amide bonds. The number of allylic oxidation sites excluding steroid dienone is 3. The highest BCUT2D eigenvalue weighted by atomic mass is 32.2. The molecule has 0 saturated heterocycles. The van der Waals surface area contributed by atoms with Gasteiger partial charge in [0.15, 0.2) is 0 Å². The lowest BCUT2D eigenvalue weighted by atomic mass is 10.1. The van der Waals surface area contributed by atoms with Crippen molar-refractivity contribution < 1.29 is 26.4 Å². The number of hydrogen-bond donors (Lipinski definition) is 3. The number of carbonyl (C=O) groups is 1. The van der Waals surface area contributed by atoms with Crippen LogP contribution in [0.2, 0.25) is 0 Å². The van der Waals surface area contributed by atoms with Crippen LogP contribution in [-0.2, 0) is 22.6 Å². The van der Waals surface area contributed by atoms with Crippen LogP contribution in [0.1, 0.15) is 23.7 Å². The van der Waals surface area contributed by atoms with Crippen molar-refractivity contribution in [3.05, 3.63) is 95.1 Å². The van der Waals surface area contributed by atoms with Crippen molar-refractivity contribution in [2.24, 2.45) is 5.14 Å². The lowest BCUT2D eigenvalue weighted by Crippen LogP contribution is -2.30. The largest absolute Gasteiger partial charge is 0.416 e. The Balaban J connectivity index is 1.44. The van der Waals surface area contributed by atoms with Gasteiger partial charge in [-0.15, -0.1) is 0 Å². The van der Waals surface area contributed by atoms with Gasteiger partial charge in [-0.3, -0.25) is 4.68 Å². The smallest absolute Gasteiger partial charge is 0.337 e. The van der Waals surface area contributed by atoms with E-state index in [0.29, 0.717) is 18.5 Å². The number of anilines is 1. The Labute approximate surface area is 211 Å². The number of aromatic nitrogens is 2. The first kappa shape index (κ1) is 26.2. The molecule has 1 heterocycles. The molecule has 1 atom stereocenters. The minimum absolute atomic E-state index is 0.0268. The number of rotatable bonds is 7. The quantitative estimate of drug-likeness (QED) is 0.413. The van der Waals surface area contributed by atoms with E-state index in [9.17, 15) is 26.4 Å². The fourth-order valence-corrected chi connectivity index (χ4v) is 4.48. The molecule has 0 fully saturated rings. The van der Waals surface area contributed by atoms with Crippen molar-refractivity contribution in [2.45, 2.75) is 25.1 Å². The minimum atomic E-state index is -4.51. The first-order valence-electron chi connectivity index (χ1n) is 11.3. The normalized spacial score (nSPS) is 15.8. The van der Waals surface area contributed by atoms with Crippen molar-refractivity contribution in [1.82, 2.24) is 15.1 Å². The molecule has 4 N–H and O–H groups in total. The predicted molar refractivity (Wildman–Crippen MR) is 134 cm³/mol. The molecule has 12 heteroatoms. The van der Waals surface area contributed by atoms with Crippen LogP contribution in [-0.4, -0.2) is 30.8 Å². The van der Waals surface area contributed by atoms with Crippen molar-refractivity contribution in [2.75, 3.05) is 11.9 Å². The van der Waals surface area contributed by atoms with E-state index in [0.717, 1.165) is 23.4 Å². The van der Waals surface area contributed by atoms with Gasteiger partial charge in [-0.1, -0.05) is 48.6 Å². The number of primary sulfonamides is 1. The number of hydrogen-bond acceptors (Lipinski definition) is 4. The second kappa shape index (κ2) is 10.6. The standard InChI is InChI=1S/C25H24F3N5O3S/c26-25(27,28)18-7-4-8-19(15-18)31-24(34)30-14-13-20-16-23(17-5-2-1-3-6-17)33(32-20)21-9-11-22(12-10-21)37(29,35)36/h1-9,11-12,15-16,21H,10,13-14H2,(H2,29,35,36)(H2,30,31,34). The third-order valence-corrected chi connectivity index (χ3v) is 6.62. The molecule has 194 valence electrons. The molecular weight excluding hydrogens is 507 g/mol. The summed E-state index contributed by atoms with van der Waals surface area (Å²) in [6.45, 7) is 0.187. The fourth-order valence-electron chi connectivity index (χ4n) is 3.88. The van der Waals surface area contributed by atoms with Gasteiger partial charge in [-0.25, -0.2) is 18.4 Å². The van der Waals surface area contributed by atoms with E-state index < -0.39 is 27.8 Å². The third kappa shape index (κ3) is 6.66. The summed E-state index contributed by atoms with van der Waals surface area (Å²) in [5, 5.41) is 14.9. The van der Waals surface area contributed by atoms with E-state index in [1.165, 1.54) is 18.2 Å². The first-order chi connectivity index (χ1) is 17.5. The van der Waals surface area contributed by atoms with Crippen LogP contribution < -0.4 is 15.8 Å². The van der Waals surface area contributed by atoms with Gasteiger partial charge < -0.3 is 10.6 Å². The van der Waals surface area contributed by atoms with Gasteiger partial charge in [0.2, 0.25) is 10.0 Å². The van der Waals surface area contributed by atoms with Crippen LogP contribution in [0, 0.1) is 0 Å². The summed E-state index contributed by atoms with van der Waals surface area (Å²) in [5.41, 5.74) is 1.57. The van der Waals surface area contributed by atoms with E-state index in [2.05, 4.69) is 15.7 Å². The van der Waals surface area contributed by atoms with E-state index in [-0.39, 0.29) is 23.2 Å². The summed E-state index contributed by atoms with van der Waals surface area (Å²) in [6.07, 6.45) is 0.962. The first-order valence-corrected chi connectivity index (χ1v) is 12.8. The lowest BCUT2D eigenvalue weighted by molar-refractivity contribution is -0.137. The zero-order valence-corrected chi connectivity index (χ0v) is 20.3. The molecule has 0 aliphatic heterocycles. The summed E-state index contributed by atoms with van der Waals surface area (Å²) >= 11 is 0. The average Bonchev–Trinajstić information content (AvgIpc) is 3.28. The number of carbonyl (C=O) groups excluding carboxylic acids is 1. The van der Waals surface area contributed by atoms with Crippen molar-refractivity contribution >= 4 is 21.7 Å². The number of nitrogens with one attached hydrogen (secondary N) is 2. The Hall–Kier alpha value is -3.90. The highest BCUT2D eigenvalue weighted by Crippen LogP contribution is 2.31. The molecule has 1 aliphatic carbocycles. The Morgan fingerprint density at radius 3 is 2.51 bits per heavy atom. The highest BCUT2D eigenvalue weighted by Gasteiger charge is 2.30.